The minimum absolute atomic E-state index is 0.0709. The molecule has 0 amide bonds. The first-order valence-electron chi connectivity index (χ1n) is 5.59. The Balaban J connectivity index is 2.28. The number of aryl methyl sites for hydroxylation is 1. The molecule has 0 aliphatic carbocycles. The van der Waals surface area contributed by atoms with Crippen molar-refractivity contribution in [2.45, 2.75) is 18.4 Å². The number of nitrogens with zero attached hydrogens (tertiary/aromatic N) is 3. The second kappa shape index (κ2) is 5.39. The van der Waals surface area contributed by atoms with Gasteiger partial charge < -0.3 is 9.30 Å². The molecule has 0 aliphatic heterocycles. The molecular weight excluding hydrogens is 304 g/mol. The fourth-order valence-electron chi connectivity index (χ4n) is 1.54. The Hall–Kier alpha value is -1.64. The summed E-state index contributed by atoms with van der Waals surface area (Å²) in [6.07, 6.45) is 0. The highest BCUT2D eigenvalue weighted by Crippen LogP contribution is 2.26. The summed E-state index contributed by atoms with van der Waals surface area (Å²) in [5.74, 6) is 1.42. The van der Waals surface area contributed by atoms with E-state index < -0.39 is 10.0 Å². The summed E-state index contributed by atoms with van der Waals surface area (Å²) in [6.45, 7) is 1.87. The molecule has 9 heteroatoms. The SMILES string of the molecule is Cc1nnc(COc2ccc(Cl)cc2S(N)(=O)=O)n1C. The van der Waals surface area contributed by atoms with E-state index in [-0.39, 0.29) is 22.3 Å². The van der Waals surface area contributed by atoms with Gasteiger partial charge in [-0.05, 0) is 25.1 Å². The van der Waals surface area contributed by atoms with Crippen LogP contribution in [-0.4, -0.2) is 23.2 Å². The highest BCUT2D eigenvalue weighted by atomic mass is 35.5. The van der Waals surface area contributed by atoms with Crippen LogP contribution in [0.2, 0.25) is 5.02 Å². The molecule has 0 saturated heterocycles. The normalized spacial score (nSPS) is 11.6. The second-order valence-corrected chi connectivity index (χ2v) is 6.11. The number of benzene rings is 1. The van der Waals surface area contributed by atoms with Crippen molar-refractivity contribution in [3.63, 3.8) is 0 Å². The Morgan fingerprint density at radius 2 is 2.10 bits per heavy atom. The molecule has 1 heterocycles. The molecule has 1 aromatic carbocycles. The Morgan fingerprint density at radius 1 is 1.40 bits per heavy atom. The van der Waals surface area contributed by atoms with Crippen LogP contribution in [0.4, 0.5) is 0 Å². The van der Waals surface area contributed by atoms with E-state index in [9.17, 15) is 8.42 Å². The molecule has 20 heavy (non-hydrogen) atoms. The van der Waals surface area contributed by atoms with Crippen LogP contribution in [0.3, 0.4) is 0 Å². The van der Waals surface area contributed by atoms with E-state index in [1.807, 2.05) is 0 Å². The van der Waals surface area contributed by atoms with Gasteiger partial charge in [0.1, 0.15) is 23.1 Å². The number of hydrogen-bond acceptors (Lipinski definition) is 5. The molecule has 0 atom stereocenters. The van der Waals surface area contributed by atoms with E-state index in [0.717, 1.165) is 5.82 Å². The molecule has 0 bridgehead atoms. The molecule has 1 aromatic heterocycles. The topological polar surface area (TPSA) is 100 Å². The summed E-state index contributed by atoms with van der Waals surface area (Å²) in [5, 5.41) is 13.2. The van der Waals surface area contributed by atoms with Crippen LogP contribution in [0.5, 0.6) is 5.75 Å². The van der Waals surface area contributed by atoms with Crippen molar-refractivity contribution in [3.05, 3.63) is 34.9 Å². The predicted molar refractivity (Wildman–Crippen MR) is 72.9 cm³/mol. The molecule has 0 fully saturated rings. The Labute approximate surface area is 121 Å². The third-order valence-corrected chi connectivity index (χ3v) is 3.92. The van der Waals surface area contributed by atoms with Gasteiger partial charge >= 0.3 is 0 Å². The van der Waals surface area contributed by atoms with Gasteiger partial charge in [0.25, 0.3) is 0 Å². The largest absolute Gasteiger partial charge is 0.484 e. The van der Waals surface area contributed by atoms with E-state index in [1.54, 1.807) is 18.5 Å². The minimum atomic E-state index is -3.92. The number of ether oxygens (including phenoxy) is 1. The van der Waals surface area contributed by atoms with Crippen molar-refractivity contribution in [2.75, 3.05) is 0 Å². The fourth-order valence-corrected chi connectivity index (χ4v) is 2.48. The number of aromatic nitrogens is 3. The second-order valence-electron chi connectivity index (χ2n) is 4.15. The minimum Gasteiger partial charge on any atom is -0.484 e. The Kier molecular flexibility index (Phi) is 3.98. The zero-order valence-corrected chi connectivity index (χ0v) is 12.4. The van der Waals surface area contributed by atoms with Crippen molar-refractivity contribution in [1.82, 2.24) is 14.8 Å². The number of rotatable bonds is 4. The van der Waals surface area contributed by atoms with Crippen LogP contribution in [-0.2, 0) is 23.7 Å². The molecule has 2 N–H and O–H groups in total. The molecule has 2 aromatic rings. The third kappa shape index (κ3) is 3.09. The monoisotopic (exact) mass is 316 g/mol. The lowest BCUT2D eigenvalue weighted by atomic mass is 10.3. The van der Waals surface area contributed by atoms with Gasteiger partial charge in [0.15, 0.2) is 5.82 Å². The maximum atomic E-state index is 11.5. The summed E-state index contributed by atoms with van der Waals surface area (Å²) >= 11 is 5.77. The molecule has 0 aliphatic rings. The third-order valence-electron chi connectivity index (χ3n) is 2.75. The molecular formula is C11H13ClN4O3S. The Bertz CT molecular complexity index is 742. The van der Waals surface area contributed by atoms with Crippen molar-refractivity contribution in [2.24, 2.45) is 12.2 Å². The zero-order chi connectivity index (χ0) is 14.9. The van der Waals surface area contributed by atoms with E-state index >= 15 is 0 Å². The van der Waals surface area contributed by atoms with Crippen molar-refractivity contribution in [3.8, 4) is 5.75 Å². The highest BCUT2D eigenvalue weighted by molar-refractivity contribution is 7.89. The van der Waals surface area contributed by atoms with Crippen LogP contribution in [0.1, 0.15) is 11.6 Å². The maximum Gasteiger partial charge on any atom is 0.241 e. The number of sulfonamides is 1. The number of hydrogen-bond donors (Lipinski definition) is 1. The fraction of sp³-hybridized carbons (Fsp3) is 0.273. The van der Waals surface area contributed by atoms with Gasteiger partial charge in [-0.25, -0.2) is 13.6 Å². The smallest absolute Gasteiger partial charge is 0.241 e. The summed E-state index contributed by atoms with van der Waals surface area (Å²) in [7, 11) is -2.13. The Morgan fingerprint density at radius 3 is 2.65 bits per heavy atom. The molecule has 2 rings (SSSR count). The molecule has 0 spiro atoms. The first-order valence-corrected chi connectivity index (χ1v) is 7.51. The summed E-state index contributed by atoms with van der Waals surface area (Å²) in [5.41, 5.74) is 0. The number of halogens is 1. The number of nitrogens with two attached hydrogens (primary N) is 1. The van der Waals surface area contributed by atoms with Crippen molar-refractivity contribution in [1.29, 1.82) is 0 Å². The van der Waals surface area contributed by atoms with Gasteiger partial charge in [0.2, 0.25) is 10.0 Å². The van der Waals surface area contributed by atoms with Crippen molar-refractivity contribution < 1.29 is 13.2 Å². The molecule has 0 radical (unpaired) electrons. The average molecular weight is 317 g/mol. The van der Waals surface area contributed by atoms with Gasteiger partial charge in [0.05, 0.1) is 0 Å². The molecule has 0 saturated carbocycles. The quantitative estimate of drug-likeness (QED) is 0.907. The van der Waals surface area contributed by atoms with Gasteiger partial charge in [-0.1, -0.05) is 11.6 Å². The standard InChI is InChI=1S/C11H13ClN4O3S/c1-7-14-15-11(16(7)2)6-19-9-4-3-8(12)5-10(9)20(13,17)18/h3-5H,6H2,1-2H3,(H2,13,17,18). The molecule has 7 nitrogen and oxygen atoms in total. The van der Waals surface area contributed by atoms with Crippen LogP contribution >= 0.6 is 11.6 Å². The lowest BCUT2D eigenvalue weighted by Crippen LogP contribution is -2.14. The molecule has 108 valence electrons. The van der Waals surface area contributed by atoms with E-state index in [0.29, 0.717) is 5.82 Å². The number of primary sulfonamides is 1. The van der Waals surface area contributed by atoms with Crippen molar-refractivity contribution >= 4 is 21.6 Å². The summed E-state index contributed by atoms with van der Waals surface area (Å²) in [4.78, 5) is -0.163. The first-order chi connectivity index (χ1) is 9.29. The van der Waals surface area contributed by atoms with Crippen LogP contribution < -0.4 is 9.88 Å². The van der Waals surface area contributed by atoms with Gasteiger partial charge in [-0.3, -0.25) is 0 Å². The predicted octanol–water partition coefficient (Wildman–Crippen LogP) is 1.00. The van der Waals surface area contributed by atoms with Crippen LogP contribution in [0.15, 0.2) is 23.1 Å². The van der Waals surface area contributed by atoms with E-state index in [1.165, 1.54) is 18.2 Å². The lowest BCUT2D eigenvalue weighted by molar-refractivity contribution is 0.283. The highest BCUT2D eigenvalue weighted by Gasteiger charge is 2.17. The van der Waals surface area contributed by atoms with Crippen LogP contribution in [0.25, 0.3) is 0 Å². The average Bonchev–Trinajstić information content (AvgIpc) is 2.67. The van der Waals surface area contributed by atoms with E-state index in [4.69, 9.17) is 21.5 Å². The van der Waals surface area contributed by atoms with Crippen LogP contribution in [0, 0.1) is 6.92 Å². The first kappa shape index (κ1) is 14.8. The van der Waals surface area contributed by atoms with Gasteiger partial charge in [-0.2, -0.15) is 0 Å². The zero-order valence-electron chi connectivity index (χ0n) is 10.9. The van der Waals surface area contributed by atoms with Gasteiger partial charge in [0, 0.05) is 12.1 Å². The molecule has 0 unspecified atom stereocenters. The van der Waals surface area contributed by atoms with Gasteiger partial charge in [-0.15, -0.1) is 10.2 Å². The summed E-state index contributed by atoms with van der Waals surface area (Å²) < 4.78 is 30.2. The maximum absolute atomic E-state index is 11.5. The lowest BCUT2D eigenvalue weighted by Gasteiger charge is -2.10. The summed E-state index contributed by atoms with van der Waals surface area (Å²) in [6, 6.07) is 4.22. The van der Waals surface area contributed by atoms with E-state index in [2.05, 4.69) is 10.2 Å².